The summed E-state index contributed by atoms with van der Waals surface area (Å²) in [6, 6.07) is -0.896. The molecule has 2 saturated carbocycles. The molecule has 0 bridgehead atoms. The molecule has 0 heterocycles. The first-order valence-corrected chi connectivity index (χ1v) is 6.13. The van der Waals surface area contributed by atoms with Crippen LogP contribution in [0.4, 0.5) is 0 Å². The summed E-state index contributed by atoms with van der Waals surface area (Å²) in [5.74, 6) is -1.34. The van der Waals surface area contributed by atoms with E-state index in [-0.39, 0.29) is 29.9 Å². The minimum absolute atomic E-state index is 0.00357. The lowest BCUT2D eigenvalue weighted by molar-refractivity contribution is -0.144. The molecule has 2 atom stereocenters. The van der Waals surface area contributed by atoms with E-state index in [0.29, 0.717) is 12.8 Å². The number of carbonyl (C=O) groups is 3. The first kappa shape index (κ1) is 12.1. The average molecular weight is 239 g/mol. The van der Waals surface area contributed by atoms with Crippen molar-refractivity contribution in [3.05, 3.63) is 0 Å². The zero-order valence-corrected chi connectivity index (χ0v) is 9.65. The maximum Gasteiger partial charge on any atom is 0.326 e. The zero-order valence-electron chi connectivity index (χ0n) is 9.65. The van der Waals surface area contributed by atoms with Gasteiger partial charge in [-0.05, 0) is 31.6 Å². The number of rotatable bonds is 4. The van der Waals surface area contributed by atoms with Crippen LogP contribution in [0.3, 0.4) is 0 Å². The van der Waals surface area contributed by atoms with Crippen molar-refractivity contribution >= 4 is 17.7 Å². The van der Waals surface area contributed by atoms with Crippen LogP contribution in [-0.2, 0) is 14.4 Å². The van der Waals surface area contributed by atoms with Crippen molar-refractivity contribution in [2.75, 3.05) is 0 Å². The molecule has 2 N–H and O–H groups in total. The second kappa shape index (κ2) is 4.85. The molecule has 0 aromatic heterocycles. The van der Waals surface area contributed by atoms with Gasteiger partial charge in [-0.15, -0.1) is 0 Å². The molecule has 2 aliphatic rings. The van der Waals surface area contributed by atoms with E-state index in [9.17, 15) is 14.4 Å². The number of Topliss-reactive ketones (excluding diaryl/α,β-unsaturated/α-hetero) is 1. The maximum atomic E-state index is 11.6. The number of hydrogen-bond acceptors (Lipinski definition) is 3. The van der Waals surface area contributed by atoms with E-state index in [1.807, 2.05) is 0 Å². The number of carboxylic acids is 1. The van der Waals surface area contributed by atoms with Gasteiger partial charge < -0.3 is 10.4 Å². The van der Waals surface area contributed by atoms with Crippen LogP contribution >= 0.6 is 0 Å². The lowest BCUT2D eigenvalue weighted by Crippen LogP contribution is -2.47. The van der Waals surface area contributed by atoms with Crippen LogP contribution in [0.2, 0.25) is 0 Å². The standard InChI is InChI=1S/C12H17NO4/c14-9-3-1-2-8(6-9)10(12(16)17)13-11(15)7-4-5-7/h7-8,10H,1-6H2,(H,13,15)(H,16,17)/t8-,10-/m0/s1. The second-order valence-corrected chi connectivity index (χ2v) is 4.99. The lowest BCUT2D eigenvalue weighted by Gasteiger charge is -2.27. The predicted octanol–water partition coefficient (Wildman–Crippen LogP) is 0.725. The number of nitrogens with one attached hydrogen (secondary N) is 1. The smallest absolute Gasteiger partial charge is 0.326 e. The maximum absolute atomic E-state index is 11.6. The molecule has 5 nitrogen and oxygen atoms in total. The summed E-state index contributed by atoms with van der Waals surface area (Å²) in [7, 11) is 0. The molecule has 2 aliphatic carbocycles. The molecule has 0 aliphatic heterocycles. The van der Waals surface area contributed by atoms with Crippen LogP contribution in [0, 0.1) is 11.8 Å². The largest absolute Gasteiger partial charge is 0.480 e. The van der Waals surface area contributed by atoms with E-state index >= 15 is 0 Å². The Morgan fingerprint density at radius 2 is 2.00 bits per heavy atom. The van der Waals surface area contributed by atoms with Crippen LogP contribution in [0.1, 0.15) is 38.5 Å². The van der Waals surface area contributed by atoms with Crippen molar-refractivity contribution in [2.45, 2.75) is 44.6 Å². The monoisotopic (exact) mass is 239 g/mol. The van der Waals surface area contributed by atoms with Gasteiger partial charge in [0.05, 0.1) is 0 Å². The Labute approximate surface area is 99.6 Å². The highest BCUT2D eigenvalue weighted by molar-refractivity contribution is 5.87. The fourth-order valence-electron chi connectivity index (χ4n) is 2.34. The summed E-state index contributed by atoms with van der Waals surface area (Å²) in [6.07, 6.45) is 3.95. The minimum atomic E-state index is -1.03. The molecule has 0 spiro atoms. The van der Waals surface area contributed by atoms with Crippen molar-refractivity contribution in [2.24, 2.45) is 11.8 Å². The van der Waals surface area contributed by atoms with E-state index in [1.54, 1.807) is 0 Å². The third kappa shape index (κ3) is 3.05. The van der Waals surface area contributed by atoms with Crippen LogP contribution < -0.4 is 5.32 Å². The third-order valence-corrected chi connectivity index (χ3v) is 3.50. The molecule has 2 fully saturated rings. The van der Waals surface area contributed by atoms with Crippen LogP contribution in [-0.4, -0.2) is 28.8 Å². The summed E-state index contributed by atoms with van der Waals surface area (Å²) in [4.78, 5) is 34.1. The summed E-state index contributed by atoms with van der Waals surface area (Å²) in [6.45, 7) is 0. The Balaban J connectivity index is 1.97. The Kier molecular flexibility index (Phi) is 3.45. The van der Waals surface area contributed by atoms with Crippen LogP contribution in [0.5, 0.6) is 0 Å². The summed E-state index contributed by atoms with van der Waals surface area (Å²) < 4.78 is 0. The van der Waals surface area contributed by atoms with E-state index in [0.717, 1.165) is 19.3 Å². The Hall–Kier alpha value is -1.39. The van der Waals surface area contributed by atoms with Crippen molar-refractivity contribution in [3.63, 3.8) is 0 Å². The summed E-state index contributed by atoms with van der Waals surface area (Å²) >= 11 is 0. The molecule has 1 amide bonds. The molecule has 94 valence electrons. The topological polar surface area (TPSA) is 83.5 Å². The van der Waals surface area contributed by atoms with Gasteiger partial charge in [0, 0.05) is 18.8 Å². The van der Waals surface area contributed by atoms with Crippen molar-refractivity contribution in [3.8, 4) is 0 Å². The van der Waals surface area contributed by atoms with Gasteiger partial charge >= 0.3 is 5.97 Å². The van der Waals surface area contributed by atoms with Gasteiger partial charge in [0.25, 0.3) is 0 Å². The SMILES string of the molecule is O=C1CCC[C@H]([C@H](NC(=O)C2CC2)C(=O)O)C1. The predicted molar refractivity (Wildman–Crippen MR) is 59.3 cm³/mol. The summed E-state index contributed by atoms with van der Waals surface area (Å²) in [5, 5.41) is 11.7. The van der Waals surface area contributed by atoms with Gasteiger partial charge in [0.1, 0.15) is 11.8 Å². The van der Waals surface area contributed by atoms with Gasteiger partial charge in [0.15, 0.2) is 0 Å². The molecule has 17 heavy (non-hydrogen) atoms. The fraction of sp³-hybridized carbons (Fsp3) is 0.750. The summed E-state index contributed by atoms with van der Waals surface area (Å²) in [5.41, 5.74) is 0. The molecule has 0 radical (unpaired) electrons. The molecule has 0 saturated heterocycles. The molecular weight excluding hydrogens is 222 g/mol. The quantitative estimate of drug-likeness (QED) is 0.757. The normalized spacial score (nSPS) is 26.4. The average Bonchev–Trinajstić information content (AvgIpc) is 3.08. The van der Waals surface area contributed by atoms with E-state index in [2.05, 4.69) is 5.32 Å². The van der Waals surface area contributed by atoms with Crippen LogP contribution in [0.25, 0.3) is 0 Å². The van der Waals surface area contributed by atoms with E-state index < -0.39 is 12.0 Å². The number of aliphatic carboxylic acids is 1. The zero-order chi connectivity index (χ0) is 12.4. The number of amides is 1. The van der Waals surface area contributed by atoms with Crippen molar-refractivity contribution in [1.82, 2.24) is 5.32 Å². The highest BCUT2D eigenvalue weighted by atomic mass is 16.4. The lowest BCUT2D eigenvalue weighted by atomic mass is 9.83. The van der Waals surface area contributed by atoms with Gasteiger partial charge in [0.2, 0.25) is 5.91 Å². The minimum Gasteiger partial charge on any atom is -0.480 e. The van der Waals surface area contributed by atoms with Gasteiger partial charge in [-0.1, -0.05) is 0 Å². The van der Waals surface area contributed by atoms with E-state index in [4.69, 9.17) is 5.11 Å². The fourth-order valence-corrected chi connectivity index (χ4v) is 2.34. The van der Waals surface area contributed by atoms with Gasteiger partial charge in [-0.3, -0.25) is 9.59 Å². The van der Waals surface area contributed by atoms with E-state index in [1.165, 1.54) is 0 Å². The molecular formula is C12H17NO4. The molecule has 0 aromatic rings. The first-order chi connectivity index (χ1) is 8.08. The number of ketones is 1. The molecule has 2 rings (SSSR count). The number of hydrogen-bond donors (Lipinski definition) is 2. The van der Waals surface area contributed by atoms with Gasteiger partial charge in [-0.2, -0.15) is 0 Å². The van der Waals surface area contributed by atoms with Crippen molar-refractivity contribution < 1.29 is 19.5 Å². The Morgan fingerprint density at radius 3 is 2.53 bits per heavy atom. The highest BCUT2D eigenvalue weighted by Gasteiger charge is 2.37. The Morgan fingerprint density at radius 1 is 1.29 bits per heavy atom. The van der Waals surface area contributed by atoms with Gasteiger partial charge in [-0.25, -0.2) is 4.79 Å². The molecule has 0 unspecified atom stereocenters. The van der Waals surface area contributed by atoms with Crippen LogP contribution in [0.15, 0.2) is 0 Å². The number of carboxylic acid groups (broad SMARTS) is 1. The first-order valence-electron chi connectivity index (χ1n) is 6.13. The highest BCUT2D eigenvalue weighted by Crippen LogP contribution is 2.30. The van der Waals surface area contributed by atoms with Crippen molar-refractivity contribution in [1.29, 1.82) is 0 Å². The molecule has 0 aromatic carbocycles. The molecule has 5 heteroatoms. The number of carbonyl (C=O) groups excluding carboxylic acids is 2. The second-order valence-electron chi connectivity index (χ2n) is 4.99. The third-order valence-electron chi connectivity index (χ3n) is 3.50. The Bertz CT molecular complexity index is 348.